The van der Waals surface area contributed by atoms with Crippen molar-refractivity contribution < 1.29 is 14.1 Å². The smallest absolute Gasteiger partial charge is 0.302 e. The summed E-state index contributed by atoms with van der Waals surface area (Å²) in [5.74, 6) is 1.91. The number of ether oxygens (including phenoxy) is 1. The zero-order valence-electron chi connectivity index (χ0n) is 9.98. The van der Waals surface area contributed by atoms with E-state index >= 15 is 0 Å². The quantitative estimate of drug-likeness (QED) is 0.552. The van der Waals surface area contributed by atoms with Crippen molar-refractivity contribution >= 4 is 5.97 Å². The van der Waals surface area contributed by atoms with Crippen LogP contribution in [0, 0.1) is 12.8 Å². The van der Waals surface area contributed by atoms with Crippen molar-refractivity contribution in [2.24, 2.45) is 5.92 Å². The van der Waals surface area contributed by atoms with Crippen molar-refractivity contribution in [1.29, 1.82) is 0 Å². The van der Waals surface area contributed by atoms with E-state index in [1.165, 1.54) is 25.6 Å². The summed E-state index contributed by atoms with van der Waals surface area (Å²) < 4.78 is 9.35. The topological polar surface area (TPSA) is 35.1 Å². The summed E-state index contributed by atoms with van der Waals surface area (Å²) in [6, 6.07) is 0. The van der Waals surface area contributed by atoms with Gasteiger partial charge < -0.3 is 4.74 Å². The fraction of sp³-hybridized carbons (Fsp3) is 0.667. The molecule has 16 heavy (non-hydrogen) atoms. The number of rotatable bonds is 5. The molecule has 1 aromatic rings. The van der Waals surface area contributed by atoms with E-state index in [1.54, 1.807) is 0 Å². The average molecular weight is 223 g/mol. The molecular weight excluding hydrogens is 204 g/mol. The van der Waals surface area contributed by atoms with E-state index in [2.05, 4.69) is 28.5 Å². The second kappa shape index (κ2) is 4.68. The van der Waals surface area contributed by atoms with Crippen LogP contribution in [0.1, 0.15) is 25.6 Å². The van der Waals surface area contributed by atoms with Crippen molar-refractivity contribution in [2.45, 2.75) is 39.8 Å². The van der Waals surface area contributed by atoms with Crippen molar-refractivity contribution in [3.63, 3.8) is 0 Å². The Kier molecular flexibility index (Phi) is 3.27. The fourth-order valence-electron chi connectivity index (χ4n) is 1.84. The summed E-state index contributed by atoms with van der Waals surface area (Å²) in [6.45, 7) is 5.87. The van der Waals surface area contributed by atoms with E-state index < -0.39 is 0 Å². The van der Waals surface area contributed by atoms with Gasteiger partial charge in [0.25, 0.3) is 5.82 Å². The van der Waals surface area contributed by atoms with Gasteiger partial charge in [0.2, 0.25) is 0 Å². The molecule has 1 fully saturated rings. The summed E-state index contributed by atoms with van der Waals surface area (Å²) in [5.41, 5.74) is 0. The Bertz CT molecular complexity index is 380. The highest BCUT2D eigenvalue weighted by Gasteiger charge is 2.25. The third kappa shape index (κ3) is 2.84. The van der Waals surface area contributed by atoms with Gasteiger partial charge in [-0.1, -0.05) is 0 Å². The van der Waals surface area contributed by atoms with Gasteiger partial charge in [0.15, 0.2) is 0 Å². The second-order valence-corrected chi connectivity index (χ2v) is 4.47. The predicted molar refractivity (Wildman–Crippen MR) is 58.7 cm³/mol. The second-order valence-electron chi connectivity index (χ2n) is 4.47. The molecule has 0 amide bonds. The van der Waals surface area contributed by atoms with Gasteiger partial charge in [-0.2, -0.15) is 0 Å². The molecule has 0 N–H and O–H groups in total. The molecule has 0 radical (unpaired) electrons. The third-order valence-electron chi connectivity index (χ3n) is 3.05. The van der Waals surface area contributed by atoms with Crippen molar-refractivity contribution in [1.82, 2.24) is 4.57 Å². The highest BCUT2D eigenvalue weighted by atomic mass is 16.5. The molecule has 88 valence electrons. The Morgan fingerprint density at radius 2 is 2.38 bits per heavy atom. The van der Waals surface area contributed by atoms with Crippen molar-refractivity contribution in [2.75, 3.05) is 6.61 Å². The highest BCUT2D eigenvalue weighted by molar-refractivity contribution is 5.65. The zero-order valence-corrected chi connectivity index (χ0v) is 9.98. The third-order valence-corrected chi connectivity index (χ3v) is 3.05. The average Bonchev–Trinajstić information content (AvgIpc) is 2.97. The normalized spacial score (nSPS) is 15.1. The van der Waals surface area contributed by atoms with Gasteiger partial charge in [0, 0.05) is 13.8 Å². The Morgan fingerprint density at radius 3 is 3.00 bits per heavy atom. The molecule has 1 aromatic heterocycles. The standard InChI is InChI=1S/C12H19N2O2/c1-10-13(7-8-16-11(2)15)5-6-14(10)9-12-3-4-12/h5-6,12H,3-4,7-9H2,1-2H3/q+1. The molecule has 0 bridgehead atoms. The van der Waals surface area contributed by atoms with E-state index in [0.29, 0.717) is 6.61 Å². The molecule has 2 rings (SSSR count). The monoisotopic (exact) mass is 223 g/mol. The summed E-state index contributed by atoms with van der Waals surface area (Å²) in [6.07, 6.45) is 6.90. The largest absolute Gasteiger partial charge is 0.462 e. The number of aromatic nitrogens is 2. The van der Waals surface area contributed by atoms with Crippen molar-refractivity contribution in [3.05, 3.63) is 18.2 Å². The molecule has 0 unspecified atom stereocenters. The Labute approximate surface area is 95.8 Å². The zero-order chi connectivity index (χ0) is 11.5. The molecule has 1 aliphatic rings. The predicted octanol–water partition coefficient (Wildman–Crippen LogP) is 1.06. The van der Waals surface area contributed by atoms with E-state index in [9.17, 15) is 4.79 Å². The van der Waals surface area contributed by atoms with Crippen LogP contribution in [0.3, 0.4) is 0 Å². The van der Waals surface area contributed by atoms with Crippen LogP contribution in [0.25, 0.3) is 0 Å². The van der Waals surface area contributed by atoms with E-state index in [1.807, 2.05) is 0 Å². The fourth-order valence-corrected chi connectivity index (χ4v) is 1.84. The van der Waals surface area contributed by atoms with Gasteiger partial charge in [-0.25, -0.2) is 9.13 Å². The van der Waals surface area contributed by atoms with Gasteiger partial charge >= 0.3 is 5.97 Å². The number of esters is 1. The first-order chi connectivity index (χ1) is 7.66. The highest BCUT2D eigenvalue weighted by Crippen LogP contribution is 2.28. The summed E-state index contributed by atoms with van der Waals surface area (Å²) in [7, 11) is 0. The maximum atomic E-state index is 10.6. The minimum absolute atomic E-state index is 0.212. The van der Waals surface area contributed by atoms with Gasteiger partial charge in [-0.15, -0.1) is 0 Å². The van der Waals surface area contributed by atoms with Crippen LogP contribution in [-0.2, 0) is 22.6 Å². The van der Waals surface area contributed by atoms with E-state index in [0.717, 1.165) is 19.0 Å². The van der Waals surface area contributed by atoms with Crippen LogP contribution >= 0.6 is 0 Å². The van der Waals surface area contributed by atoms with Crippen LogP contribution in [0.2, 0.25) is 0 Å². The number of nitrogens with zero attached hydrogens (tertiary/aromatic N) is 2. The molecule has 0 atom stereocenters. The van der Waals surface area contributed by atoms with Crippen LogP contribution in [0.4, 0.5) is 0 Å². The minimum atomic E-state index is -0.212. The van der Waals surface area contributed by atoms with Crippen LogP contribution in [0.5, 0.6) is 0 Å². The Hall–Kier alpha value is -1.32. The number of carbonyl (C=O) groups is 1. The van der Waals surface area contributed by atoms with Gasteiger partial charge in [0.05, 0.1) is 6.54 Å². The molecule has 0 spiro atoms. The molecule has 1 aliphatic carbocycles. The summed E-state index contributed by atoms with van der Waals surface area (Å²) in [5, 5.41) is 0. The lowest BCUT2D eigenvalue weighted by atomic mass is 10.4. The number of hydrogen-bond acceptors (Lipinski definition) is 2. The molecule has 1 saturated carbocycles. The number of hydrogen-bond donors (Lipinski definition) is 0. The Morgan fingerprint density at radius 1 is 1.62 bits per heavy atom. The lowest BCUT2D eigenvalue weighted by Gasteiger charge is -2.01. The lowest BCUT2D eigenvalue weighted by Crippen LogP contribution is -2.36. The summed E-state index contributed by atoms with van der Waals surface area (Å²) >= 11 is 0. The van der Waals surface area contributed by atoms with E-state index in [-0.39, 0.29) is 5.97 Å². The maximum Gasteiger partial charge on any atom is 0.302 e. The minimum Gasteiger partial charge on any atom is -0.462 e. The molecule has 4 nitrogen and oxygen atoms in total. The van der Waals surface area contributed by atoms with E-state index in [4.69, 9.17) is 4.74 Å². The van der Waals surface area contributed by atoms with Crippen LogP contribution in [-0.4, -0.2) is 17.1 Å². The van der Waals surface area contributed by atoms with Gasteiger partial charge in [0.1, 0.15) is 25.5 Å². The first kappa shape index (κ1) is 11.2. The first-order valence-corrected chi connectivity index (χ1v) is 5.85. The maximum absolute atomic E-state index is 10.6. The lowest BCUT2D eigenvalue weighted by molar-refractivity contribution is -0.705. The molecule has 0 aliphatic heterocycles. The summed E-state index contributed by atoms with van der Waals surface area (Å²) in [4.78, 5) is 10.6. The van der Waals surface area contributed by atoms with Crippen LogP contribution < -0.4 is 4.57 Å². The molecule has 1 heterocycles. The van der Waals surface area contributed by atoms with Crippen molar-refractivity contribution in [3.8, 4) is 0 Å². The van der Waals surface area contributed by atoms with Crippen LogP contribution in [0.15, 0.2) is 12.4 Å². The van der Waals surface area contributed by atoms with Gasteiger partial charge in [-0.3, -0.25) is 4.79 Å². The number of imidazole rings is 1. The SMILES string of the molecule is CC(=O)OCCn1cc[n+](CC2CC2)c1C. The number of carbonyl (C=O) groups excluding carboxylic acids is 1. The Balaban J connectivity index is 1.88. The van der Waals surface area contributed by atoms with Gasteiger partial charge in [-0.05, 0) is 18.8 Å². The molecule has 4 heteroatoms. The molecule has 0 saturated heterocycles. The molecule has 0 aromatic carbocycles. The first-order valence-electron chi connectivity index (χ1n) is 5.85. The molecular formula is C12H19N2O2+.